The Hall–Kier alpha value is -3.89. The van der Waals surface area contributed by atoms with Gasteiger partial charge in [0.25, 0.3) is 0 Å². The third kappa shape index (κ3) is 6.31. The average molecular weight is 477 g/mol. The van der Waals surface area contributed by atoms with Gasteiger partial charge < -0.3 is 21.1 Å². The number of nitrogens with one attached hydrogen (secondary N) is 2. The van der Waals surface area contributed by atoms with Crippen LogP contribution < -0.4 is 16.4 Å². The van der Waals surface area contributed by atoms with Gasteiger partial charge in [0, 0.05) is 22.2 Å². The summed E-state index contributed by atoms with van der Waals surface area (Å²) in [7, 11) is 0. The minimum Gasteiger partial charge on any atom is -0.460 e. The van der Waals surface area contributed by atoms with Crippen molar-refractivity contribution in [3.05, 3.63) is 83.4 Å². The summed E-state index contributed by atoms with van der Waals surface area (Å²) in [5.41, 5.74) is 9.44. The summed E-state index contributed by atoms with van der Waals surface area (Å²) in [4.78, 5) is 16.2. The van der Waals surface area contributed by atoms with Crippen LogP contribution in [0.4, 0.5) is 16.6 Å². The molecule has 0 amide bonds. The zero-order chi connectivity index (χ0) is 23.0. The van der Waals surface area contributed by atoms with E-state index in [0.29, 0.717) is 21.8 Å². The van der Waals surface area contributed by atoms with Gasteiger partial charge in [0.15, 0.2) is 16.1 Å². The molecule has 2 heterocycles. The van der Waals surface area contributed by atoms with Gasteiger partial charge in [-0.05, 0) is 30.4 Å². The summed E-state index contributed by atoms with van der Waals surface area (Å²) in [6.07, 6.45) is 0.0703. The highest BCUT2D eigenvalue weighted by molar-refractivity contribution is 7.80. The first-order chi connectivity index (χ1) is 16.1. The van der Waals surface area contributed by atoms with Crippen molar-refractivity contribution in [3.63, 3.8) is 0 Å². The van der Waals surface area contributed by atoms with E-state index in [-0.39, 0.29) is 19.0 Å². The normalized spacial score (nSPS) is 10.4. The lowest BCUT2D eigenvalue weighted by Gasteiger charge is -2.14. The first-order valence-corrected chi connectivity index (χ1v) is 11.3. The van der Waals surface area contributed by atoms with Crippen LogP contribution in [0.1, 0.15) is 11.3 Å². The standard InChI is InChI=1S/C23H20N6O2S2/c24-22-25-17(14-33-22)12-21(30)31-13-16-8-4-5-9-18(16)26-23(32)27-20-11-10-19(28-29-20)15-6-2-1-3-7-15/h1-11,14H,12-13H2,(H2,24,25)(H2,26,27,29,32). The Morgan fingerprint density at radius 2 is 1.79 bits per heavy atom. The van der Waals surface area contributed by atoms with Gasteiger partial charge in [-0.1, -0.05) is 48.5 Å². The summed E-state index contributed by atoms with van der Waals surface area (Å²) < 4.78 is 5.40. The lowest BCUT2D eigenvalue weighted by atomic mass is 10.1. The van der Waals surface area contributed by atoms with Crippen LogP contribution in [0.2, 0.25) is 0 Å². The van der Waals surface area contributed by atoms with Crippen molar-refractivity contribution in [2.45, 2.75) is 13.0 Å². The summed E-state index contributed by atoms with van der Waals surface area (Å²) in [6, 6.07) is 20.9. The number of rotatable bonds is 7. The lowest BCUT2D eigenvalue weighted by molar-refractivity contribution is -0.144. The molecule has 0 saturated carbocycles. The van der Waals surface area contributed by atoms with E-state index >= 15 is 0 Å². The van der Waals surface area contributed by atoms with Crippen molar-refractivity contribution in [1.29, 1.82) is 0 Å². The number of carbonyl (C=O) groups excluding carboxylic acids is 1. The van der Waals surface area contributed by atoms with Crippen LogP contribution in [0.15, 0.2) is 72.1 Å². The SMILES string of the molecule is Nc1nc(CC(=O)OCc2ccccc2NC(=S)Nc2ccc(-c3ccccc3)nn2)cs1. The number of ether oxygens (including phenoxy) is 1. The van der Waals surface area contributed by atoms with Crippen LogP contribution in [-0.2, 0) is 22.6 Å². The maximum atomic E-state index is 12.1. The molecule has 8 nitrogen and oxygen atoms in total. The number of anilines is 3. The first-order valence-electron chi connectivity index (χ1n) is 9.97. The number of aromatic nitrogens is 3. The van der Waals surface area contributed by atoms with E-state index in [1.165, 1.54) is 11.3 Å². The Kier molecular flexibility index (Phi) is 7.18. The van der Waals surface area contributed by atoms with Gasteiger partial charge in [0.05, 0.1) is 17.8 Å². The molecule has 0 aliphatic heterocycles. The largest absolute Gasteiger partial charge is 0.460 e. The van der Waals surface area contributed by atoms with Crippen LogP contribution in [0, 0.1) is 0 Å². The molecule has 0 saturated heterocycles. The summed E-state index contributed by atoms with van der Waals surface area (Å²) >= 11 is 6.70. The van der Waals surface area contributed by atoms with Crippen molar-refractivity contribution >= 4 is 51.3 Å². The van der Waals surface area contributed by atoms with E-state index in [1.807, 2.05) is 66.7 Å². The number of para-hydroxylation sites is 1. The summed E-state index contributed by atoms with van der Waals surface area (Å²) in [5, 5.41) is 17.1. The first kappa shape index (κ1) is 22.3. The number of esters is 1. The average Bonchev–Trinajstić information content (AvgIpc) is 3.24. The van der Waals surface area contributed by atoms with Crippen molar-refractivity contribution in [2.75, 3.05) is 16.4 Å². The molecule has 0 unspecified atom stereocenters. The molecule has 10 heteroatoms. The Bertz CT molecular complexity index is 1250. The second-order valence-corrected chi connectivity index (χ2v) is 8.22. The Balaban J connectivity index is 1.33. The number of thiocarbonyl (C=S) groups is 1. The van der Waals surface area contributed by atoms with E-state index in [2.05, 4.69) is 25.8 Å². The molecule has 4 N–H and O–H groups in total. The molecule has 0 aliphatic carbocycles. The highest BCUT2D eigenvalue weighted by Crippen LogP contribution is 2.19. The molecule has 0 bridgehead atoms. The van der Waals surface area contributed by atoms with Gasteiger partial charge in [-0.3, -0.25) is 4.79 Å². The second-order valence-electron chi connectivity index (χ2n) is 6.92. The Morgan fingerprint density at radius 1 is 1.00 bits per heavy atom. The minimum atomic E-state index is -0.385. The molecule has 166 valence electrons. The number of carbonyl (C=O) groups is 1. The molecule has 4 aromatic rings. The number of nitrogens with two attached hydrogens (primary N) is 1. The Labute approximate surface area is 199 Å². The van der Waals surface area contributed by atoms with Gasteiger partial charge in [-0.25, -0.2) is 4.98 Å². The van der Waals surface area contributed by atoms with E-state index in [9.17, 15) is 4.79 Å². The zero-order valence-electron chi connectivity index (χ0n) is 17.4. The molecule has 0 atom stereocenters. The van der Waals surface area contributed by atoms with Gasteiger partial charge in [0.1, 0.15) is 6.61 Å². The number of nitrogens with zero attached hydrogens (tertiary/aromatic N) is 3. The molecule has 2 aromatic carbocycles. The van der Waals surface area contributed by atoms with Gasteiger partial charge in [-0.2, -0.15) is 0 Å². The van der Waals surface area contributed by atoms with Crippen molar-refractivity contribution in [2.24, 2.45) is 0 Å². The number of benzene rings is 2. The van der Waals surface area contributed by atoms with Crippen LogP contribution in [-0.4, -0.2) is 26.3 Å². The molecular weight excluding hydrogens is 456 g/mol. The molecule has 2 aromatic heterocycles. The third-order valence-corrected chi connectivity index (χ3v) is 5.45. The fourth-order valence-corrected chi connectivity index (χ4v) is 3.74. The van der Waals surface area contributed by atoms with Crippen LogP contribution in [0.3, 0.4) is 0 Å². The molecule has 0 fully saturated rings. The molecule has 0 spiro atoms. The molecule has 0 radical (unpaired) electrons. The smallest absolute Gasteiger partial charge is 0.312 e. The molecule has 33 heavy (non-hydrogen) atoms. The summed E-state index contributed by atoms with van der Waals surface area (Å²) in [6.45, 7) is 0.0931. The predicted molar refractivity (Wildman–Crippen MR) is 134 cm³/mol. The Morgan fingerprint density at radius 3 is 2.52 bits per heavy atom. The van der Waals surface area contributed by atoms with Gasteiger partial charge in [-0.15, -0.1) is 21.5 Å². The fraction of sp³-hybridized carbons (Fsp3) is 0.0870. The van der Waals surface area contributed by atoms with Crippen LogP contribution >= 0.6 is 23.6 Å². The third-order valence-electron chi connectivity index (χ3n) is 4.52. The topological polar surface area (TPSA) is 115 Å². The highest BCUT2D eigenvalue weighted by Gasteiger charge is 2.11. The molecule has 4 rings (SSSR count). The quantitative estimate of drug-likeness (QED) is 0.265. The lowest BCUT2D eigenvalue weighted by Crippen LogP contribution is -2.21. The van der Waals surface area contributed by atoms with E-state index in [1.54, 1.807) is 5.38 Å². The van der Waals surface area contributed by atoms with E-state index in [4.69, 9.17) is 22.7 Å². The molecular formula is C23H20N6O2S2. The van der Waals surface area contributed by atoms with Crippen LogP contribution in [0.5, 0.6) is 0 Å². The van der Waals surface area contributed by atoms with Crippen molar-refractivity contribution in [3.8, 4) is 11.3 Å². The number of thiazole rings is 1. The van der Waals surface area contributed by atoms with E-state index in [0.717, 1.165) is 22.5 Å². The number of hydrogen-bond donors (Lipinski definition) is 3. The van der Waals surface area contributed by atoms with Gasteiger partial charge >= 0.3 is 5.97 Å². The minimum absolute atomic E-state index is 0.0703. The van der Waals surface area contributed by atoms with Gasteiger partial charge in [0.2, 0.25) is 0 Å². The highest BCUT2D eigenvalue weighted by atomic mass is 32.1. The fourth-order valence-electron chi connectivity index (χ4n) is 2.96. The second kappa shape index (κ2) is 10.6. The predicted octanol–water partition coefficient (Wildman–Crippen LogP) is 4.28. The zero-order valence-corrected chi connectivity index (χ0v) is 19.0. The maximum absolute atomic E-state index is 12.1. The molecule has 0 aliphatic rings. The summed E-state index contributed by atoms with van der Waals surface area (Å²) in [5.74, 6) is 0.128. The number of nitrogen functional groups attached to an aromatic ring is 1. The van der Waals surface area contributed by atoms with Crippen molar-refractivity contribution < 1.29 is 9.53 Å². The van der Waals surface area contributed by atoms with Crippen LogP contribution in [0.25, 0.3) is 11.3 Å². The number of hydrogen-bond acceptors (Lipinski definition) is 8. The maximum Gasteiger partial charge on any atom is 0.312 e. The van der Waals surface area contributed by atoms with E-state index < -0.39 is 0 Å². The monoisotopic (exact) mass is 476 g/mol. The van der Waals surface area contributed by atoms with Crippen molar-refractivity contribution in [1.82, 2.24) is 15.2 Å².